The van der Waals surface area contributed by atoms with Crippen molar-refractivity contribution in [3.63, 3.8) is 0 Å². The number of rotatable bonds is 4. The van der Waals surface area contributed by atoms with E-state index in [4.69, 9.17) is 0 Å². The lowest BCUT2D eigenvalue weighted by atomic mass is 10.1. The van der Waals surface area contributed by atoms with Crippen LogP contribution in [0.15, 0.2) is 24.3 Å². The molecule has 124 valence electrons. The third-order valence-electron chi connectivity index (χ3n) is 3.76. The highest BCUT2D eigenvalue weighted by Crippen LogP contribution is 2.26. The second kappa shape index (κ2) is 6.12. The van der Waals surface area contributed by atoms with Crippen LogP contribution in [-0.4, -0.2) is 38.9 Å². The minimum absolute atomic E-state index is 0.210. The zero-order valence-electron chi connectivity index (χ0n) is 13.4. The van der Waals surface area contributed by atoms with Gasteiger partial charge in [0.15, 0.2) is 0 Å². The van der Waals surface area contributed by atoms with Crippen molar-refractivity contribution in [2.24, 2.45) is 0 Å². The van der Waals surface area contributed by atoms with Crippen molar-refractivity contribution in [1.82, 2.24) is 15.1 Å². The number of nitrogens with zero attached hydrogens (tertiary/aromatic N) is 3. The Labute approximate surface area is 142 Å². The topological polar surface area (TPSA) is 92.3 Å². The zero-order valence-corrected chi connectivity index (χ0v) is 14.3. The number of hydrogen-bond donors (Lipinski definition) is 1. The molecule has 0 aliphatic carbocycles. The number of fused-ring (bicyclic) bond motifs is 1. The van der Waals surface area contributed by atoms with Gasteiger partial charge in [-0.05, 0) is 19.1 Å². The quantitative estimate of drug-likeness (QED) is 0.859. The summed E-state index contributed by atoms with van der Waals surface area (Å²) in [5.41, 5.74) is 0.639. The van der Waals surface area contributed by atoms with Crippen molar-refractivity contribution in [2.45, 2.75) is 32.7 Å². The fourth-order valence-corrected chi connectivity index (χ4v) is 3.15. The number of hydrogen-bond acceptors (Lipinski definition) is 6. The molecule has 1 aliphatic heterocycles. The summed E-state index contributed by atoms with van der Waals surface area (Å²) in [7, 11) is 0. The van der Waals surface area contributed by atoms with Gasteiger partial charge in [0.05, 0.1) is 11.1 Å². The number of aromatic nitrogens is 2. The summed E-state index contributed by atoms with van der Waals surface area (Å²) in [6, 6.07) is 5.60. The molecule has 1 aromatic heterocycles. The average Bonchev–Trinajstić information content (AvgIpc) is 3.12. The summed E-state index contributed by atoms with van der Waals surface area (Å²) in [5.74, 6) is -1.19. The Bertz CT molecular complexity index is 795. The van der Waals surface area contributed by atoms with Crippen molar-refractivity contribution in [3.8, 4) is 0 Å². The zero-order chi connectivity index (χ0) is 17.4. The number of benzene rings is 1. The Hall–Kier alpha value is -2.61. The van der Waals surface area contributed by atoms with Crippen molar-refractivity contribution < 1.29 is 14.4 Å². The summed E-state index contributed by atoms with van der Waals surface area (Å²) in [5, 5.41) is 11.7. The lowest BCUT2D eigenvalue weighted by Crippen LogP contribution is -2.45. The normalized spacial score (nSPS) is 14.9. The second-order valence-electron chi connectivity index (χ2n) is 5.79. The van der Waals surface area contributed by atoms with Gasteiger partial charge in [0.2, 0.25) is 11.0 Å². The molecule has 0 saturated carbocycles. The Morgan fingerprint density at radius 1 is 1.08 bits per heavy atom. The van der Waals surface area contributed by atoms with Gasteiger partial charge in [-0.25, -0.2) is 0 Å². The molecule has 0 saturated heterocycles. The minimum Gasteiger partial charge on any atom is -0.299 e. The van der Waals surface area contributed by atoms with Crippen LogP contribution in [0.3, 0.4) is 0 Å². The lowest BCUT2D eigenvalue weighted by molar-refractivity contribution is -0.119. The van der Waals surface area contributed by atoms with Gasteiger partial charge in [-0.2, -0.15) is 0 Å². The molecule has 3 rings (SSSR count). The number of anilines is 1. The van der Waals surface area contributed by atoms with Crippen LogP contribution in [0.4, 0.5) is 5.13 Å². The Kier molecular flexibility index (Phi) is 4.15. The van der Waals surface area contributed by atoms with Crippen molar-refractivity contribution in [3.05, 3.63) is 40.4 Å². The van der Waals surface area contributed by atoms with E-state index in [9.17, 15) is 14.4 Å². The molecule has 0 fully saturated rings. The number of amides is 3. The molecule has 1 atom stereocenters. The molecule has 0 bridgehead atoms. The summed E-state index contributed by atoms with van der Waals surface area (Å²) in [4.78, 5) is 38.2. The lowest BCUT2D eigenvalue weighted by Gasteiger charge is -2.20. The number of nitrogens with one attached hydrogen (secondary N) is 1. The molecule has 8 heteroatoms. The summed E-state index contributed by atoms with van der Waals surface area (Å²) in [6.45, 7) is 5.47. The Morgan fingerprint density at radius 3 is 2.17 bits per heavy atom. The number of carbonyl (C=O) groups excluding carboxylic acids is 3. The largest absolute Gasteiger partial charge is 0.299 e. The Balaban J connectivity index is 1.77. The molecule has 0 spiro atoms. The first-order valence-electron chi connectivity index (χ1n) is 7.51. The molecular formula is C16H16N4O3S. The van der Waals surface area contributed by atoms with Crippen LogP contribution in [0.1, 0.15) is 52.4 Å². The van der Waals surface area contributed by atoms with E-state index in [0.29, 0.717) is 16.3 Å². The number of imide groups is 1. The monoisotopic (exact) mass is 344 g/mol. The highest BCUT2D eigenvalue weighted by molar-refractivity contribution is 7.15. The second-order valence-corrected chi connectivity index (χ2v) is 6.80. The molecular weight excluding hydrogens is 328 g/mol. The van der Waals surface area contributed by atoms with Gasteiger partial charge >= 0.3 is 0 Å². The highest BCUT2D eigenvalue weighted by atomic mass is 32.1. The van der Waals surface area contributed by atoms with E-state index in [0.717, 1.165) is 9.91 Å². The first-order chi connectivity index (χ1) is 11.4. The van der Waals surface area contributed by atoms with Crippen LogP contribution in [0, 0.1) is 0 Å². The van der Waals surface area contributed by atoms with Gasteiger partial charge in [-0.1, -0.05) is 37.3 Å². The maximum Gasteiger partial charge on any atom is 0.262 e. The predicted molar refractivity (Wildman–Crippen MR) is 89.0 cm³/mol. The summed E-state index contributed by atoms with van der Waals surface area (Å²) in [6.07, 6.45) is 0. The average molecular weight is 344 g/mol. The van der Waals surface area contributed by atoms with E-state index < -0.39 is 23.8 Å². The molecule has 3 amide bonds. The molecule has 1 aromatic carbocycles. The fourth-order valence-electron chi connectivity index (χ4n) is 2.41. The van der Waals surface area contributed by atoms with Crippen LogP contribution in [0.5, 0.6) is 0 Å². The van der Waals surface area contributed by atoms with Crippen molar-refractivity contribution in [1.29, 1.82) is 0 Å². The molecule has 0 radical (unpaired) electrons. The Morgan fingerprint density at radius 2 is 1.67 bits per heavy atom. The number of carbonyl (C=O) groups is 3. The van der Waals surface area contributed by atoms with Gasteiger partial charge in [0, 0.05) is 5.92 Å². The SMILES string of the molecule is CC(C)c1nnc(NC(=O)[C@@H](C)N2C(=O)c3ccccc3C2=O)s1. The molecule has 1 N–H and O–H groups in total. The van der Waals surface area contributed by atoms with Gasteiger partial charge in [0.25, 0.3) is 11.8 Å². The van der Waals surface area contributed by atoms with Gasteiger partial charge in [0.1, 0.15) is 11.0 Å². The predicted octanol–water partition coefficient (Wildman–Crippen LogP) is 2.28. The molecule has 2 heterocycles. The standard InChI is InChI=1S/C16H16N4O3S/c1-8(2)13-18-19-16(24-13)17-12(21)9(3)20-14(22)10-6-4-5-7-11(10)15(20)23/h4-9H,1-3H3,(H,17,19,21)/t9-/m1/s1. The van der Waals surface area contributed by atoms with Crippen LogP contribution in [0.25, 0.3) is 0 Å². The van der Waals surface area contributed by atoms with Crippen molar-refractivity contribution >= 4 is 34.2 Å². The maximum absolute atomic E-state index is 12.4. The van der Waals surface area contributed by atoms with Gasteiger partial charge in [-0.3, -0.25) is 24.6 Å². The van der Waals surface area contributed by atoms with Crippen LogP contribution in [-0.2, 0) is 4.79 Å². The molecule has 2 aromatic rings. The van der Waals surface area contributed by atoms with Gasteiger partial charge < -0.3 is 0 Å². The van der Waals surface area contributed by atoms with E-state index >= 15 is 0 Å². The summed E-state index contributed by atoms with van der Waals surface area (Å²) >= 11 is 1.28. The van der Waals surface area contributed by atoms with Crippen LogP contribution < -0.4 is 5.32 Å². The molecule has 1 aliphatic rings. The van der Waals surface area contributed by atoms with E-state index in [-0.39, 0.29) is 5.92 Å². The summed E-state index contributed by atoms with van der Waals surface area (Å²) < 4.78 is 0. The third kappa shape index (κ3) is 2.69. The fraction of sp³-hybridized carbons (Fsp3) is 0.312. The van der Waals surface area contributed by atoms with E-state index in [2.05, 4.69) is 15.5 Å². The van der Waals surface area contributed by atoms with E-state index in [1.54, 1.807) is 24.3 Å². The van der Waals surface area contributed by atoms with Crippen molar-refractivity contribution in [2.75, 3.05) is 5.32 Å². The molecule has 24 heavy (non-hydrogen) atoms. The van der Waals surface area contributed by atoms with Gasteiger partial charge in [-0.15, -0.1) is 10.2 Å². The smallest absolute Gasteiger partial charge is 0.262 e. The highest BCUT2D eigenvalue weighted by Gasteiger charge is 2.40. The molecule has 7 nitrogen and oxygen atoms in total. The molecule has 0 unspecified atom stereocenters. The first kappa shape index (κ1) is 16.3. The van der Waals surface area contributed by atoms with Crippen LogP contribution in [0.2, 0.25) is 0 Å². The maximum atomic E-state index is 12.4. The first-order valence-corrected chi connectivity index (χ1v) is 8.33. The van der Waals surface area contributed by atoms with Crippen LogP contribution >= 0.6 is 11.3 Å². The van der Waals surface area contributed by atoms with E-state index in [1.807, 2.05) is 13.8 Å². The third-order valence-corrected chi connectivity index (χ3v) is 4.90. The van der Waals surface area contributed by atoms with E-state index in [1.165, 1.54) is 18.3 Å². The minimum atomic E-state index is -0.941.